The molecule has 6 nitrogen and oxygen atoms in total. The first-order valence-corrected chi connectivity index (χ1v) is 10.4. The van der Waals surface area contributed by atoms with E-state index >= 15 is 0 Å². The van der Waals surface area contributed by atoms with Gasteiger partial charge in [-0.25, -0.2) is 18.2 Å². The molecule has 1 aliphatic rings. The topological polar surface area (TPSA) is 50.6 Å². The molecule has 2 aromatic carbocycles. The number of anilines is 1. The summed E-state index contributed by atoms with van der Waals surface area (Å²) in [6, 6.07) is 11.3. The van der Waals surface area contributed by atoms with Gasteiger partial charge < -0.3 is 14.2 Å². The molecule has 0 saturated carbocycles. The lowest BCUT2D eigenvalue weighted by atomic mass is 10.2. The maximum absolute atomic E-state index is 13.7. The number of aromatic nitrogens is 2. The molecule has 0 atom stereocenters. The fourth-order valence-corrected chi connectivity index (χ4v) is 3.66. The van der Waals surface area contributed by atoms with Crippen molar-refractivity contribution >= 4 is 18.2 Å². The average Bonchev–Trinajstić information content (AvgIpc) is 2.80. The Morgan fingerprint density at radius 2 is 1.64 bits per heavy atom. The molecule has 0 N–H and O–H groups in total. The SMILES string of the molecule is Cl.O=c1c(N2CCN(Cc3ccccc3)CC2)nccn1CCOc1cc(F)c(F)cc1F. The zero-order valence-electron chi connectivity index (χ0n) is 17.8. The molecule has 10 heteroatoms. The molecular weight excluding hydrogens is 457 g/mol. The van der Waals surface area contributed by atoms with Crippen LogP contribution in [-0.2, 0) is 13.1 Å². The van der Waals surface area contributed by atoms with Crippen molar-refractivity contribution in [1.29, 1.82) is 0 Å². The Balaban J connectivity index is 0.00000306. The normalized spacial score (nSPS) is 14.1. The van der Waals surface area contributed by atoms with Crippen molar-refractivity contribution in [2.24, 2.45) is 0 Å². The van der Waals surface area contributed by atoms with Crippen LogP contribution in [0.3, 0.4) is 0 Å². The van der Waals surface area contributed by atoms with Gasteiger partial charge in [0.2, 0.25) is 0 Å². The van der Waals surface area contributed by atoms with E-state index in [9.17, 15) is 18.0 Å². The van der Waals surface area contributed by atoms with Gasteiger partial charge in [0.15, 0.2) is 29.0 Å². The minimum absolute atomic E-state index is 0. The number of piperazine rings is 1. The highest BCUT2D eigenvalue weighted by molar-refractivity contribution is 5.85. The van der Waals surface area contributed by atoms with Gasteiger partial charge in [0.1, 0.15) is 6.61 Å². The molecule has 4 rings (SSSR count). The molecule has 1 aromatic heterocycles. The van der Waals surface area contributed by atoms with Crippen molar-refractivity contribution in [1.82, 2.24) is 14.5 Å². The minimum Gasteiger partial charge on any atom is -0.489 e. The lowest BCUT2D eigenvalue weighted by molar-refractivity contribution is 0.248. The molecule has 0 aliphatic carbocycles. The van der Waals surface area contributed by atoms with Crippen molar-refractivity contribution in [2.45, 2.75) is 13.1 Å². The molecule has 1 saturated heterocycles. The Hall–Kier alpha value is -3.04. The van der Waals surface area contributed by atoms with E-state index in [1.54, 1.807) is 0 Å². The van der Waals surface area contributed by atoms with Crippen LogP contribution in [0, 0.1) is 17.5 Å². The summed E-state index contributed by atoms with van der Waals surface area (Å²) < 4.78 is 46.6. The summed E-state index contributed by atoms with van der Waals surface area (Å²) in [6.45, 7) is 3.86. The molecule has 0 bridgehead atoms. The first-order chi connectivity index (χ1) is 15.5. The van der Waals surface area contributed by atoms with Gasteiger partial charge in [-0.15, -0.1) is 12.4 Å². The maximum atomic E-state index is 13.7. The summed E-state index contributed by atoms with van der Waals surface area (Å²) in [6.07, 6.45) is 3.05. The van der Waals surface area contributed by atoms with Crippen molar-refractivity contribution in [3.8, 4) is 5.75 Å². The smallest absolute Gasteiger partial charge is 0.293 e. The molecule has 2 heterocycles. The summed E-state index contributed by atoms with van der Waals surface area (Å²) in [4.78, 5) is 21.4. The van der Waals surface area contributed by atoms with E-state index in [0.29, 0.717) is 31.0 Å². The van der Waals surface area contributed by atoms with E-state index in [4.69, 9.17) is 4.74 Å². The quantitative estimate of drug-likeness (QED) is 0.485. The Morgan fingerprint density at radius 3 is 2.36 bits per heavy atom. The van der Waals surface area contributed by atoms with Crippen LogP contribution in [0.15, 0.2) is 59.7 Å². The second kappa shape index (κ2) is 11.2. The van der Waals surface area contributed by atoms with Crippen LogP contribution in [0.25, 0.3) is 0 Å². The fraction of sp³-hybridized carbons (Fsp3) is 0.304. The van der Waals surface area contributed by atoms with Crippen molar-refractivity contribution in [3.63, 3.8) is 0 Å². The van der Waals surface area contributed by atoms with Crippen molar-refractivity contribution in [2.75, 3.05) is 37.7 Å². The average molecular weight is 481 g/mol. The van der Waals surface area contributed by atoms with Gasteiger partial charge in [0.25, 0.3) is 5.56 Å². The van der Waals surface area contributed by atoms with E-state index in [0.717, 1.165) is 19.6 Å². The van der Waals surface area contributed by atoms with Crippen LogP contribution in [0.5, 0.6) is 5.75 Å². The molecule has 176 valence electrons. The fourth-order valence-electron chi connectivity index (χ4n) is 3.66. The van der Waals surface area contributed by atoms with Crippen LogP contribution in [0.4, 0.5) is 19.0 Å². The summed E-state index contributed by atoms with van der Waals surface area (Å²) in [5.74, 6) is -3.53. The van der Waals surface area contributed by atoms with Gasteiger partial charge >= 0.3 is 0 Å². The predicted molar refractivity (Wildman–Crippen MR) is 121 cm³/mol. The molecule has 33 heavy (non-hydrogen) atoms. The van der Waals surface area contributed by atoms with E-state index in [-0.39, 0.29) is 31.1 Å². The van der Waals surface area contributed by atoms with E-state index in [1.807, 2.05) is 23.1 Å². The summed E-state index contributed by atoms with van der Waals surface area (Å²) in [5.41, 5.74) is 0.969. The van der Waals surface area contributed by atoms with E-state index in [2.05, 4.69) is 22.0 Å². The number of hydrogen-bond acceptors (Lipinski definition) is 5. The van der Waals surface area contributed by atoms with Gasteiger partial charge in [0.05, 0.1) is 6.54 Å². The predicted octanol–water partition coefficient (Wildman–Crippen LogP) is 3.48. The van der Waals surface area contributed by atoms with Crippen LogP contribution < -0.4 is 15.2 Å². The Bertz CT molecular complexity index is 1120. The number of benzene rings is 2. The first kappa shape index (κ1) is 24.6. The number of rotatable bonds is 7. The summed E-state index contributed by atoms with van der Waals surface area (Å²) in [5, 5.41) is 0. The number of halogens is 4. The molecule has 1 fully saturated rings. The Kier molecular flexibility index (Phi) is 8.35. The summed E-state index contributed by atoms with van der Waals surface area (Å²) in [7, 11) is 0. The molecule has 0 unspecified atom stereocenters. The van der Waals surface area contributed by atoms with Gasteiger partial charge in [-0.1, -0.05) is 30.3 Å². The van der Waals surface area contributed by atoms with Crippen LogP contribution >= 0.6 is 12.4 Å². The Morgan fingerprint density at radius 1 is 0.939 bits per heavy atom. The van der Waals surface area contributed by atoms with Crippen LogP contribution in [0.2, 0.25) is 0 Å². The van der Waals surface area contributed by atoms with Crippen LogP contribution in [0.1, 0.15) is 5.56 Å². The second-order valence-electron chi connectivity index (χ2n) is 7.54. The third kappa shape index (κ3) is 6.06. The number of hydrogen-bond donors (Lipinski definition) is 0. The first-order valence-electron chi connectivity index (χ1n) is 10.4. The molecule has 0 spiro atoms. The number of ether oxygens (including phenoxy) is 1. The van der Waals surface area contributed by atoms with E-state index in [1.165, 1.54) is 22.5 Å². The maximum Gasteiger partial charge on any atom is 0.293 e. The summed E-state index contributed by atoms with van der Waals surface area (Å²) >= 11 is 0. The third-order valence-corrected chi connectivity index (χ3v) is 5.38. The zero-order chi connectivity index (χ0) is 22.5. The molecular formula is C23H24ClF3N4O2. The lowest BCUT2D eigenvalue weighted by Gasteiger charge is -2.35. The highest BCUT2D eigenvalue weighted by Crippen LogP contribution is 2.20. The van der Waals surface area contributed by atoms with Crippen LogP contribution in [-0.4, -0.2) is 47.2 Å². The molecule has 0 amide bonds. The molecule has 0 radical (unpaired) electrons. The lowest BCUT2D eigenvalue weighted by Crippen LogP contribution is -2.48. The number of nitrogens with zero attached hydrogens (tertiary/aromatic N) is 4. The highest BCUT2D eigenvalue weighted by Gasteiger charge is 2.21. The van der Waals surface area contributed by atoms with Crippen molar-refractivity contribution in [3.05, 3.63) is 88.2 Å². The largest absolute Gasteiger partial charge is 0.489 e. The van der Waals surface area contributed by atoms with E-state index < -0.39 is 23.2 Å². The zero-order valence-corrected chi connectivity index (χ0v) is 18.6. The minimum atomic E-state index is -1.28. The standard InChI is InChI=1S/C23H23F3N4O2.ClH/c24-18-14-20(26)21(15-19(18)25)32-13-12-30-7-6-27-22(23(30)31)29-10-8-28(9-11-29)16-17-4-2-1-3-5-17;/h1-7,14-15H,8-13,16H2;1H. The van der Waals surface area contributed by atoms with Gasteiger partial charge in [-0.05, 0) is 5.56 Å². The molecule has 1 aliphatic heterocycles. The molecule has 3 aromatic rings. The monoisotopic (exact) mass is 480 g/mol. The van der Waals surface area contributed by atoms with Gasteiger partial charge in [-0.3, -0.25) is 9.69 Å². The third-order valence-electron chi connectivity index (χ3n) is 5.38. The highest BCUT2D eigenvalue weighted by atomic mass is 35.5. The second-order valence-corrected chi connectivity index (χ2v) is 7.54. The van der Waals surface area contributed by atoms with Gasteiger partial charge in [-0.2, -0.15) is 0 Å². The Labute approximate surface area is 195 Å². The van der Waals surface area contributed by atoms with Gasteiger partial charge in [0, 0.05) is 57.3 Å². The van der Waals surface area contributed by atoms with Crippen molar-refractivity contribution < 1.29 is 17.9 Å².